The molecule has 0 aliphatic carbocycles. The number of hydrogen-bond acceptors (Lipinski definition) is 8. The van der Waals surface area contributed by atoms with Crippen LogP contribution < -0.4 is 0 Å². The molecule has 0 aromatic heterocycles. The fourth-order valence-corrected chi connectivity index (χ4v) is 1.84. The first kappa shape index (κ1) is 15.8. The third kappa shape index (κ3) is 2.89. The number of hydrogen-bond donors (Lipinski definition) is 3. The van der Waals surface area contributed by atoms with Crippen LogP contribution in [-0.4, -0.2) is 63.7 Å². The molecule has 0 radical (unpaired) electrons. The highest BCUT2D eigenvalue weighted by Crippen LogP contribution is 2.26. The highest BCUT2D eigenvalue weighted by molar-refractivity contribution is 5.90. The van der Waals surface area contributed by atoms with E-state index in [0.29, 0.717) is 0 Å². The molecule has 9 heteroatoms. The smallest absolute Gasteiger partial charge is 0.378 e. The molecule has 2 aliphatic rings. The van der Waals surface area contributed by atoms with Crippen LogP contribution >= 0.6 is 0 Å². The minimum absolute atomic E-state index is 0.0387. The maximum absolute atomic E-state index is 11.5. The third-order valence-corrected chi connectivity index (χ3v) is 2.95. The first-order chi connectivity index (χ1) is 10.5. The van der Waals surface area contributed by atoms with Gasteiger partial charge in [-0.1, -0.05) is 5.92 Å². The molecule has 0 spiro atoms. The van der Waals surface area contributed by atoms with Gasteiger partial charge in [0.2, 0.25) is 17.4 Å². The summed E-state index contributed by atoms with van der Waals surface area (Å²) in [7, 11) is 0. The molecular formula is C13H13NO8. The van der Waals surface area contributed by atoms with Gasteiger partial charge < -0.3 is 24.9 Å². The lowest BCUT2D eigenvalue weighted by molar-refractivity contribution is -0.314. The standard InChI is InChI=1S/C13H13NO8/c1-2-5-14-8(17)3-4-9(14)21-22-12-10(18)13(19)20-11(12)7(16)6-15/h1,3-4,7,9,11,15-16,18H,5-6H2/t7-,9?,11+/m0/s1. The Bertz CT molecular complexity index is 575. The summed E-state index contributed by atoms with van der Waals surface area (Å²) in [6, 6.07) is 0. The van der Waals surface area contributed by atoms with Gasteiger partial charge in [0.05, 0.1) is 13.2 Å². The zero-order chi connectivity index (χ0) is 16.3. The molecule has 0 saturated carbocycles. The van der Waals surface area contributed by atoms with Gasteiger partial charge in [-0.25, -0.2) is 4.79 Å². The first-order valence-electron chi connectivity index (χ1n) is 6.18. The van der Waals surface area contributed by atoms with Crippen LogP contribution in [0.5, 0.6) is 0 Å². The van der Waals surface area contributed by atoms with E-state index in [1.54, 1.807) is 0 Å². The molecule has 0 saturated heterocycles. The molecule has 1 amide bonds. The first-order valence-corrected chi connectivity index (χ1v) is 6.18. The second-order valence-corrected chi connectivity index (χ2v) is 4.39. The van der Waals surface area contributed by atoms with Crippen molar-refractivity contribution in [2.75, 3.05) is 13.2 Å². The van der Waals surface area contributed by atoms with Gasteiger partial charge in [0.15, 0.2) is 12.3 Å². The van der Waals surface area contributed by atoms with E-state index in [0.717, 1.165) is 4.90 Å². The van der Waals surface area contributed by atoms with Gasteiger partial charge in [-0.15, -0.1) is 6.42 Å². The summed E-state index contributed by atoms with van der Waals surface area (Å²) in [5.74, 6) is -0.651. The number of nitrogens with zero attached hydrogens (tertiary/aromatic N) is 1. The van der Waals surface area contributed by atoms with Crippen LogP contribution in [0.15, 0.2) is 23.7 Å². The van der Waals surface area contributed by atoms with E-state index < -0.39 is 48.4 Å². The van der Waals surface area contributed by atoms with Gasteiger partial charge in [-0.2, -0.15) is 4.89 Å². The fraction of sp³-hybridized carbons (Fsp3) is 0.385. The summed E-state index contributed by atoms with van der Waals surface area (Å²) in [5, 5.41) is 27.9. The van der Waals surface area contributed by atoms with Crippen LogP contribution in [0.2, 0.25) is 0 Å². The van der Waals surface area contributed by atoms with Crippen LogP contribution in [0.1, 0.15) is 0 Å². The number of cyclic esters (lactones) is 1. The molecule has 2 rings (SSSR count). The van der Waals surface area contributed by atoms with E-state index in [9.17, 15) is 19.8 Å². The Hall–Kier alpha value is -2.54. The number of carbonyl (C=O) groups is 2. The van der Waals surface area contributed by atoms with E-state index in [2.05, 4.69) is 10.7 Å². The van der Waals surface area contributed by atoms with Gasteiger partial charge in [-0.05, 0) is 6.08 Å². The van der Waals surface area contributed by atoms with Crippen molar-refractivity contribution in [3.05, 3.63) is 23.7 Å². The van der Waals surface area contributed by atoms with Crippen molar-refractivity contribution in [2.24, 2.45) is 0 Å². The molecule has 3 N–H and O–H groups in total. The van der Waals surface area contributed by atoms with Gasteiger partial charge in [0, 0.05) is 6.08 Å². The van der Waals surface area contributed by atoms with Crippen molar-refractivity contribution < 1.29 is 39.4 Å². The molecule has 0 aromatic rings. The Morgan fingerprint density at radius 1 is 1.50 bits per heavy atom. The minimum atomic E-state index is -1.50. The zero-order valence-electron chi connectivity index (χ0n) is 11.2. The summed E-state index contributed by atoms with van der Waals surface area (Å²) >= 11 is 0. The monoisotopic (exact) mass is 311 g/mol. The lowest BCUT2D eigenvalue weighted by atomic mass is 10.2. The van der Waals surface area contributed by atoms with Crippen molar-refractivity contribution >= 4 is 11.9 Å². The van der Waals surface area contributed by atoms with Crippen LogP contribution in [0.3, 0.4) is 0 Å². The summed E-state index contributed by atoms with van der Waals surface area (Å²) < 4.78 is 4.64. The maximum Gasteiger partial charge on any atom is 0.378 e. The Labute approximate surface area is 124 Å². The molecule has 118 valence electrons. The topological polar surface area (TPSA) is 126 Å². The Balaban J connectivity index is 2.06. The fourth-order valence-electron chi connectivity index (χ4n) is 1.84. The molecule has 0 aromatic carbocycles. The molecule has 0 bridgehead atoms. The average molecular weight is 311 g/mol. The molecule has 0 fully saturated rings. The van der Waals surface area contributed by atoms with E-state index in [1.807, 2.05) is 0 Å². The van der Waals surface area contributed by atoms with E-state index in [-0.39, 0.29) is 6.54 Å². The van der Waals surface area contributed by atoms with Crippen LogP contribution in [0.4, 0.5) is 0 Å². The number of aliphatic hydroxyl groups is 3. The summed E-state index contributed by atoms with van der Waals surface area (Å²) in [4.78, 5) is 33.7. The largest absolute Gasteiger partial charge is 0.499 e. The second kappa shape index (κ2) is 6.48. The number of ether oxygens (including phenoxy) is 1. The summed E-state index contributed by atoms with van der Waals surface area (Å²) in [6.45, 7) is -0.772. The minimum Gasteiger partial charge on any atom is -0.499 e. The lowest BCUT2D eigenvalue weighted by Crippen LogP contribution is -2.37. The normalized spacial score (nSPS) is 25.4. The van der Waals surface area contributed by atoms with Gasteiger partial charge in [0.25, 0.3) is 0 Å². The molecular weight excluding hydrogens is 298 g/mol. The quantitative estimate of drug-likeness (QED) is 0.230. The number of amides is 1. The van der Waals surface area contributed by atoms with Crippen molar-refractivity contribution in [3.8, 4) is 12.3 Å². The Kier molecular flexibility index (Phi) is 4.67. The highest BCUT2D eigenvalue weighted by Gasteiger charge is 2.42. The van der Waals surface area contributed by atoms with Gasteiger partial charge >= 0.3 is 5.97 Å². The maximum atomic E-state index is 11.5. The Morgan fingerprint density at radius 2 is 2.23 bits per heavy atom. The average Bonchev–Trinajstić information content (AvgIpc) is 2.99. The summed E-state index contributed by atoms with van der Waals surface area (Å²) in [6.07, 6.45) is 3.81. The van der Waals surface area contributed by atoms with E-state index in [1.165, 1.54) is 12.2 Å². The predicted octanol–water partition coefficient (Wildman–Crippen LogP) is -1.66. The number of rotatable bonds is 6. The number of esters is 1. The van der Waals surface area contributed by atoms with Crippen LogP contribution in [-0.2, 0) is 24.1 Å². The molecule has 3 atom stereocenters. The number of carbonyl (C=O) groups excluding carboxylic acids is 2. The summed E-state index contributed by atoms with van der Waals surface area (Å²) in [5.41, 5.74) is 0. The third-order valence-electron chi connectivity index (χ3n) is 2.95. The number of aliphatic hydroxyl groups excluding tert-OH is 3. The number of terminal acetylenes is 1. The second-order valence-electron chi connectivity index (χ2n) is 4.39. The SMILES string of the molecule is C#CCN1C(=O)C=CC1OOC1=C(O)C(=O)O[C@@H]1[C@@H](O)CO. The van der Waals surface area contributed by atoms with Crippen molar-refractivity contribution in [1.29, 1.82) is 0 Å². The van der Waals surface area contributed by atoms with E-state index >= 15 is 0 Å². The molecule has 2 heterocycles. The highest BCUT2D eigenvalue weighted by atomic mass is 17.2. The van der Waals surface area contributed by atoms with Crippen molar-refractivity contribution in [1.82, 2.24) is 4.90 Å². The molecule has 22 heavy (non-hydrogen) atoms. The lowest BCUT2D eigenvalue weighted by Gasteiger charge is -2.23. The molecule has 1 unspecified atom stereocenters. The van der Waals surface area contributed by atoms with Crippen LogP contribution in [0.25, 0.3) is 0 Å². The zero-order valence-corrected chi connectivity index (χ0v) is 11.2. The predicted molar refractivity (Wildman–Crippen MR) is 68.3 cm³/mol. The van der Waals surface area contributed by atoms with Crippen molar-refractivity contribution in [2.45, 2.75) is 18.4 Å². The van der Waals surface area contributed by atoms with Crippen molar-refractivity contribution in [3.63, 3.8) is 0 Å². The molecule has 2 aliphatic heterocycles. The van der Waals surface area contributed by atoms with Crippen LogP contribution in [0, 0.1) is 12.3 Å². The van der Waals surface area contributed by atoms with Gasteiger partial charge in [0.1, 0.15) is 6.10 Å². The Morgan fingerprint density at radius 3 is 2.86 bits per heavy atom. The molecule has 9 nitrogen and oxygen atoms in total. The van der Waals surface area contributed by atoms with Gasteiger partial charge in [-0.3, -0.25) is 9.69 Å². The van der Waals surface area contributed by atoms with E-state index in [4.69, 9.17) is 21.3 Å².